The zero-order valence-electron chi connectivity index (χ0n) is 20.1. The smallest absolute Gasteiger partial charge is 0.341 e. The van der Waals surface area contributed by atoms with Crippen molar-refractivity contribution in [2.24, 2.45) is 5.92 Å². The van der Waals surface area contributed by atoms with E-state index in [-0.39, 0.29) is 25.2 Å². The Labute approximate surface area is 203 Å². The number of rotatable bonds is 9. The summed E-state index contributed by atoms with van der Waals surface area (Å²) < 4.78 is 10.5. The van der Waals surface area contributed by atoms with Crippen molar-refractivity contribution in [3.8, 4) is 0 Å². The molecule has 0 aliphatic heterocycles. The number of benzene rings is 1. The molecule has 2 aromatic rings. The minimum Gasteiger partial charge on any atom is -0.462 e. The van der Waals surface area contributed by atoms with Crippen LogP contribution in [-0.4, -0.2) is 36.3 Å². The van der Waals surface area contributed by atoms with Crippen molar-refractivity contribution >= 4 is 40.0 Å². The fourth-order valence-corrected chi connectivity index (χ4v) is 5.28. The van der Waals surface area contributed by atoms with Crippen LogP contribution in [0.1, 0.15) is 76.8 Å². The Kier molecular flexibility index (Phi) is 8.61. The number of anilines is 1. The van der Waals surface area contributed by atoms with Crippen molar-refractivity contribution in [1.29, 1.82) is 0 Å². The van der Waals surface area contributed by atoms with Crippen LogP contribution in [0.4, 0.5) is 5.00 Å². The summed E-state index contributed by atoms with van der Waals surface area (Å²) in [6, 6.07) is 7.13. The molecule has 1 N–H and O–H groups in total. The van der Waals surface area contributed by atoms with Gasteiger partial charge in [-0.3, -0.25) is 14.4 Å². The molecule has 8 heteroatoms. The van der Waals surface area contributed by atoms with E-state index in [0.717, 1.165) is 35.3 Å². The van der Waals surface area contributed by atoms with Crippen LogP contribution in [0.3, 0.4) is 0 Å². The zero-order valence-corrected chi connectivity index (χ0v) is 20.9. The van der Waals surface area contributed by atoms with Crippen LogP contribution >= 0.6 is 11.3 Å². The van der Waals surface area contributed by atoms with Gasteiger partial charge in [0.05, 0.1) is 18.6 Å². The Bertz CT molecular complexity index is 1070. The molecule has 0 fully saturated rings. The molecule has 2 atom stereocenters. The molecule has 1 aliphatic rings. The minimum absolute atomic E-state index is 0.000924. The Morgan fingerprint density at radius 2 is 1.85 bits per heavy atom. The highest BCUT2D eigenvalue weighted by Crippen LogP contribution is 2.40. The molecular weight excluding hydrogens is 454 g/mol. The number of ether oxygens (including phenoxy) is 2. The molecule has 1 aliphatic carbocycles. The van der Waals surface area contributed by atoms with E-state index in [1.165, 1.54) is 18.3 Å². The molecule has 34 heavy (non-hydrogen) atoms. The number of hydrogen-bond acceptors (Lipinski definition) is 7. The van der Waals surface area contributed by atoms with Crippen LogP contribution in [-0.2, 0) is 31.9 Å². The summed E-state index contributed by atoms with van der Waals surface area (Å²) in [6.45, 7) is 7.54. The van der Waals surface area contributed by atoms with Crippen molar-refractivity contribution in [2.45, 2.75) is 65.9 Å². The van der Waals surface area contributed by atoms with E-state index in [4.69, 9.17) is 9.47 Å². The predicted molar refractivity (Wildman–Crippen MR) is 130 cm³/mol. The lowest BCUT2D eigenvalue weighted by molar-refractivity contribution is -0.153. The highest BCUT2D eigenvalue weighted by atomic mass is 32.1. The lowest BCUT2D eigenvalue weighted by atomic mass is 9.88. The van der Waals surface area contributed by atoms with Crippen LogP contribution in [0.25, 0.3) is 0 Å². The van der Waals surface area contributed by atoms with E-state index in [1.54, 1.807) is 19.1 Å². The molecular formula is C26H31NO6S. The fourth-order valence-electron chi connectivity index (χ4n) is 3.88. The number of esters is 2. The molecule has 7 nitrogen and oxygen atoms in total. The maximum absolute atomic E-state index is 12.7. The van der Waals surface area contributed by atoms with E-state index < -0.39 is 23.9 Å². The molecule has 3 rings (SSSR count). The number of thiophene rings is 1. The van der Waals surface area contributed by atoms with E-state index in [1.807, 2.05) is 19.1 Å². The van der Waals surface area contributed by atoms with Crippen LogP contribution in [0.5, 0.6) is 0 Å². The Balaban J connectivity index is 1.60. The molecule has 0 spiro atoms. The average molecular weight is 486 g/mol. The number of hydrogen-bond donors (Lipinski definition) is 1. The third-order valence-corrected chi connectivity index (χ3v) is 7.00. The first-order valence-electron chi connectivity index (χ1n) is 11.6. The van der Waals surface area contributed by atoms with Gasteiger partial charge in [-0.1, -0.05) is 36.8 Å². The molecule has 1 heterocycles. The lowest BCUT2D eigenvalue weighted by Crippen LogP contribution is -2.30. The van der Waals surface area contributed by atoms with Crippen LogP contribution < -0.4 is 5.32 Å². The summed E-state index contributed by atoms with van der Waals surface area (Å²) >= 11 is 1.38. The van der Waals surface area contributed by atoms with Crippen molar-refractivity contribution < 1.29 is 28.7 Å². The van der Waals surface area contributed by atoms with E-state index >= 15 is 0 Å². The molecule has 0 saturated carbocycles. The molecule has 1 aromatic heterocycles. The summed E-state index contributed by atoms with van der Waals surface area (Å²) in [4.78, 5) is 50.9. The average Bonchev–Trinajstić information content (AvgIpc) is 3.14. The van der Waals surface area contributed by atoms with Crippen molar-refractivity contribution in [3.63, 3.8) is 0 Å². The van der Waals surface area contributed by atoms with Gasteiger partial charge in [-0.05, 0) is 51.5 Å². The number of Topliss-reactive ketones (excluding diaryl/α,β-unsaturated/α-hetero) is 1. The second kappa shape index (κ2) is 11.4. The number of carbonyl (C=O) groups excluding carboxylic acids is 4. The van der Waals surface area contributed by atoms with Crippen LogP contribution in [0.15, 0.2) is 24.3 Å². The SMILES string of the molecule is CCOC(=O)c1c(NC(=O)C(C)OC(=O)CCC(=O)c2ccc(C)cc2)sc2c1CCC(C)C2. The van der Waals surface area contributed by atoms with E-state index in [2.05, 4.69) is 12.2 Å². The standard InChI is InChI=1S/C26H31NO6S/c1-5-32-26(31)23-19-11-8-16(3)14-21(19)34-25(23)27-24(30)17(4)33-22(29)13-12-20(28)18-9-6-15(2)7-10-18/h6-7,9-10,16-17H,5,8,11-14H2,1-4H3,(H,27,30). The number of ketones is 1. The van der Waals surface area contributed by atoms with Gasteiger partial charge in [0.1, 0.15) is 5.00 Å². The number of carbonyl (C=O) groups is 4. The molecule has 0 bridgehead atoms. The fraction of sp³-hybridized carbons (Fsp3) is 0.462. The van der Waals surface area contributed by atoms with Crippen LogP contribution in [0, 0.1) is 12.8 Å². The summed E-state index contributed by atoms with van der Waals surface area (Å²) in [5.41, 5.74) is 2.93. The quantitative estimate of drug-likeness (QED) is 0.401. The van der Waals surface area contributed by atoms with Gasteiger partial charge in [0.15, 0.2) is 11.9 Å². The first kappa shape index (κ1) is 25.6. The Hall–Kier alpha value is -3.00. The monoisotopic (exact) mass is 485 g/mol. The first-order valence-corrected chi connectivity index (χ1v) is 12.4. The van der Waals surface area contributed by atoms with Gasteiger partial charge in [0.25, 0.3) is 5.91 Å². The van der Waals surface area contributed by atoms with Gasteiger partial charge in [0.2, 0.25) is 0 Å². The van der Waals surface area contributed by atoms with Crippen molar-refractivity contribution in [1.82, 2.24) is 0 Å². The second-order valence-electron chi connectivity index (χ2n) is 8.69. The predicted octanol–water partition coefficient (Wildman–Crippen LogP) is 4.89. The number of nitrogens with one attached hydrogen (secondary N) is 1. The maximum atomic E-state index is 12.7. The Morgan fingerprint density at radius 3 is 2.53 bits per heavy atom. The number of amides is 1. The molecule has 0 radical (unpaired) electrons. The third-order valence-electron chi connectivity index (χ3n) is 5.84. The molecule has 1 amide bonds. The van der Waals surface area contributed by atoms with Crippen molar-refractivity contribution in [3.05, 3.63) is 51.4 Å². The van der Waals surface area contributed by atoms with E-state index in [9.17, 15) is 19.2 Å². The largest absolute Gasteiger partial charge is 0.462 e. The van der Waals surface area contributed by atoms with Crippen molar-refractivity contribution in [2.75, 3.05) is 11.9 Å². The van der Waals surface area contributed by atoms with Gasteiger partial charge in [-0.25, -0.2) is 4.79 Å². The van der Waals surface area contributed by atoms with Gasteiger partial charge >= 0.3 is 11.9 Å². The normalized spacial score (nSPS) is 15.7. The summed E-state index contributed by atoms with van der Waals surface area (Å²) in [5, 5.41) is 3.19. The minimum atomic E-state index is -1.07. The highest BCUT2D eigenvalue weighted by molar-refractivity contribution is 7.17. The molecule has 182 valence electrons. The van der Waals surface area contributed by atoms with E-state index in [0.29, 0.717) is 22.0 Å². The van der Waals surface area contributed by atoms with Gasteiger partial charge in [-0.2, -0.15) is 0 Å². The summed E-state index contributed by atoms with van der Waals surface area (Å²) in [7, 11) is 0. The lowest BCUT2D eigenvalue weighted by Gasteiger charge is -2.18. The van der Waals surface area contributed by atoms with Gasteiger partial charge in [0, 0.05) is 16.9 Å². The van der Waals surface area contributed by atoms with Crippen LogP contribution in [0.2, 0.25) is 0 Å². The molecule has 2 unspecified atom stereocenters. The second-order valence-corrected chi connectivity index (χ2v) is 9.79. The number of fused-ring (bicyclic) bond motifs is 1. The van der Waals surface area contributed by atoms with Gasteiger partial charge < -0.3 is 14.8 Å². The molecule has 1 aromatic carbocycles. The number of aryl methyl sites for hydroxylation is 1. The first-order chi connectivity index (χ1) is 16.2. The zero-order chi connectivity index (χ0) is 24.8. The Morgan fingerprint density at radius 1 is 1.15 bits per heavy atom. The third kappa shape index (κ3) is 6.32. The summed E-state index contributed by atoms with van der Waals surface area (Å²) in [5.74, 6) is -1.27. The summed E-state index contributed by atoms with van der Waals surface area (Å²) in [6.07, 6.45) is 1.38. The molecule has 0 saturated heterocycles. The topological polar surface area (TPSA) is 98.8 Å². The van der Waals surface area contributed by atoms with Gasteiger partial charge in [-0.15, -0.1) is 11.3 Å². The highest BCUT2D eigenvalue weighted by Gasteiger charge is 2.30. The maximum Gasteiger partial charge on any atom is 0.341 e.